The van der Waals surface area contributed by atoms with Gasteiger partial charge in [-0.05, 0) is 112 Å². The maximum atomic E-state index is 15.8. The zero-order valence-electron chi connectivity index (χ0n) is 54.1. The van der Waals surface area contributed by atoms with Crippen molar-refractivity contribution in [3.05, 3.63) is 11.6 Å². The number of fused-ring (bicyclic) bond motifs is 7. The van der Waals surface area contributed by atoms with Gasteiger partial charge in [0.25, 0.3) is 0 Å². The fourth-order valence-electron chi connectivity index (χ4n) is 18.5. The van der Waals surface area contributed by atoms with Gasteiger partial charge in [-0.15, -0.1) is 0 Å². The highest BCUT2D eigenvalue weighted by atomic mass is 16.8. The molecule has 29 heteroatoms. The lowest BCUT2D eigenvalue weighted by molar-refractivity contribution is -0.380. The quantitative estimate of drug-likeness (QED) is 0.0372. The highest BCUT2D eigenvalue weighted by molar-refractivity contribution is 5.80. The Morgan fingerprint density at radius 3 is 1.75 bits per heavy atom. The minimum absolute atomic E-state index is 0.0863. The summed E-state index contributed by atoms with van der Waals surface area (Å²) in [6.07, 6.45) is -37.6. The summed E-state index contributed by atoms with van der Waals surface area (Å²) in [6, 6.07) is 0. The van der Waals surface area contributed by atoms with Crippen LogP contribution in [-0.4, -0.2) is 275 Å². The number of allylic oxidation sites excluding steroid dienone is 2. The summed E-state index contributed by atoms with van der Waals surface area (Å²) in [6.45, 7) is 17.2. The summed E-state index contributed by atoms with van der Waals surface area (Å²) in [4.78, 5) is 41.3. The second-order valence-electron chi connectivity index (χ2n) is 29.9. The Labute approximate surface area is 534 Å². The lowest BCUT2D eigenvalue weighted by Gasteiger charge is -2.72. The Kier molecular flexibility index (Phi) is 20.7. The Morgan fingerprint density at radius 1 is 0.533 bits per heavy atom. The third-order valence-corrected chi connectivity index (χ3v) is 23.7. The van der Waals surface area contributed by atoms with Crippen molar-refractivity contribution in [2.24, 2.45) is 50.2 Å². The summed E-state index contributed by atoms with van der Waals surface area (Å²) >= 11 is 0. The lowest BCUT2D eigenvalue weighted by Crippen LogP contribution is -2.70. The van der Waals surface area contributed by atoms with Crippen LogP contribution in [0.1, 0.15) is 128 Å². The highest BCUT2D eigenvalue weighted by Crippen LogP contribution is 2.76. The molecule has 0 amide bonds. The summed E-state index contributed by atoms with van der Waals surface area (Å²) in [5.41, 5.74) is -4.26. The molecule has 5 aliphatic heterocycles. The molecule has 29 nitrogen and oxygen atoms in total. The van der Waals surface area contributed by atoms with Gasteiger partial charge < -0.3 is 128 Å². The van der Waals surface area contributed by atoms with E-state index in [4.69, 9.17) is 56.8 Å². The molecule has 10 aliphatic rings. The molecule has 35 atom stereocenters. The minimum Gasteiger partial charge on any atom is -0.457 e. The molecule has 0 spiro atoms. The Hall–Kier alpha value is -2.77. The first-order valence-corrected chi connectivity index (χ1v) is 32.4. The smallest absolute Gasteiger partial charge is 0.317 e. The number of carbonyl (C=O) groups is 3. The van der Waals surface area contributed by atoms with Gasteiger partial charge in [0.2, 0.25) is 6.29 Å². The molecule has 0 aromatic carbocycles. The largest absolute Gasteiger partial charge is 0.457 e. The number of hydrogen-bond acceptors (Lipinski definition) is 29. The van der Waals surface area contributed by atoms with E-state index >= 15 is 4.79 Å². The van der Waals surface area contributed by atoms with E-state index in [1.165, 1.54) is 20.8 Å². The zero-order chi connectivity index (χ0) is 67.6. The highest BCUT2D eigenvalue weighted by Gasteiger charge is 2.73. The SMILES string of the molecule is CC(=O)OC1C(C)OC(OC(=O)C23CCC(C)(C)CC2C2=CCC4C5(C)CC(O)C(OC6OC(CO)C(O)C(O)C6O)C(C)(CO)C5CCC4(C)C2(C)CC3O)C(OC2OC(C)C(OC3OCC(O)C(OC4OC(C)C(O)C(O)C4O)C3O)C(O)C2OC(C)=O)C1O. The predicted octanol–water partition coefficient (Wildman–Crippen LogP) is -2.43. The Balaban J connectivity index is 0.909. The zero-order valence-corrected chi connectivity index (χ0v) is 54.1. The molecule has 0 aromatic heterocycles. The van der Waals surface area contributed by atoms with Crippen LogP contribution >= 0.6 is 0 Å². The molecule has 14 N–H and O–H groups in total. The van der Waals surface area contributed by atoms with Crippen molar-refractivity contribution in [3.8, 4) is 0 Å². The van der Waals surface area contributed by atoms with Crippen LogP contribution in [0.5, 0.6) is 0 Å². The van der Waals surface area contributed by atoms with Crippen LogP contribution in [-0.2, 0) is 71.2 Å². The predicted molar refractivity (Wildman–Crippen MR) is 308 cm³/mol. The summed E-state index contributed by atoms with van der Waals surface area (Å²) in [5.74, 6) is -3.76. The van der Waals surface area contributed by atoms with Gasteiger partial charge in [-0.2, -0.15) is 0 Å². The monoisotopic (exact) mass is 1320 g/mol. The molecule has 5 aliphatic carbocycles. The van der Waals surface area contributed by atoms with E-state index in [-0.39, 0.29) is 36.5 Å². The molecule has 35 unspecified atom stereocenters. The third-order valence-electron chi connectivity index (χ3n) is 23.7. The number of aliphatic hydroxyl groups is 14. The van der Waals surface area contributed by atoms with Gasteiger partial charge >= 0.3 is 17.9 Å². The van der Waals surface area contributed by atoms with Crippen LogP contribution in [0.15, 0.2) is 11.6 Å². The molecule has 0 radical (unpaired) electrons. The summed E-state index contributed by atoms with van der Waals surface area (Å²) in [7, 11) is 0. The van der Waals surface area contributed by atoms with Crippen molar-refractivity contribution >= 4 is 17.9 Å². The first-order chi connectivity index (χ1) is 42.9. The van der Waals surface area contributed by atoms with Gasteiger partial charge in [-0.1, -0.05) is 53.2 Å². The van der Waals surface area contributed by atoms with E-state index in [2.05, 4.69) is 40.7 Å². The molecule has 92 heavy (non-hydrogen) atoms. The van der Waals surface area contributed by atoms with Crippen molar-refractivity contribution in [2.75, 3.05) is 19.8 Å². The number of esters is 3. The van der Waals surface area contributed by atoms with E-state index < -0.39 is 236 Å². The first kappa shape index (κ1) is 72.0. The van der Waals surface area contributed by atoms with Crippen molar-refractivity contribution in [2.45, 2.75) is 293 Å². The summed E-state index contributed by atoms with van der Waals surface area (Å²) < 4.78 is 71.7. The lowest BCUT2D eigenvalue weighted by atomic mass is 9.33. The minimum atomic E-state index is -1.90. The molecular weight excluding hydrogens is 1220 g/mol. The molecule has 0 bridgehead atoms. The van der Waals surface area contributed by atoms with Crippen LogP contribution in [0.4, 0.5) is 0 Å². The van der Waals surface area contributed by atoms with E-state index in [1.807, 2.05) is 6.92 Å². The van der Waals surface area contributed by atoms with Crippen molar-refractivity contribution < 1.29 is 143 Å². The van der Waals surface area contributed by atoms with Gasteiger partial charge in [-0.25, -0.2) is 0 Å². The van der Waals surface area contributed by atoms with Gasteiger partial charge in [0.1, 0.15) is 84.8 Å². The Bertz CT molecular complexity index is 2670. The average Bonchev–Trinajstić information content (AvgIpc) is 0.671. The molecule has 10 rings (SSSR count). The topological polar surface area (TPSA) is 445 Å². The molecule has 526 valence electrons. The molecular formula is C63H100O29. The fraction of sp³-hybridized carbons (Fsp3) is 0.921. The van der Waals surface area contributed by atoms with Crippen molar-refractivity contribution in [1.82, 2.24) is 0 Å². The normalized spacial score (nSPS) is 53.4. The molecule has 5 saturated heterocycles. The molecule has 5 heterocycles. The standard InChI is InChI=1S/C63H100O29/c1-24-37(71)39(73)41(75)53(82-24)89-48-32(69)22-81-52(45(48)79)88-47-26(3)83-55(49(44(47)78)86-28(5)67)90-50-43(77)46(85-27(4)66)25(2)84-56(50)92-57(80)63-17-16-58(6,7)18-30(63)29-12-13-35-59(8)19-31(68)51(91-54-42(76)40(74)38(72)33(21-64)87-54)60(9,23-65)34(59)14-15-61(35,10)62(29,11)20-36(63)70/h12,24-26,30-56,64-65,68-79H,13-23H2,1-11H3. The van der Waals surface area contributed by atoms with Gasteiger partial charge in [0.15, 0.2) is 43.5 Å². The van der Waals surface area contributed by atoms with E-state index in [1.54, 1.807) is 0 Å². The second kappa shape index (κ2) is 26.5. The van der Waals surface area contributed by atoms with E-state index in [0.717, 1.165) is 19.4 Å². The molecule has 4 saturated carbocycles. The van der Waals surface area contributed by atoms with Crippen LogP contribution in [0.3, 0.4) is 0 Å². The summed E-state index contributed by atoms with van der Waals surface area (Å²) in [5, 5.41) is 157. The van der Waals surface area contributed by atoms with Gasteiger partial charge in [-0.3, -0.25) is 14.4 Å². The van der Waals surface area contributed by atoms with Crippen molar-refractivity contribution in [3.63, 3.8) is 0 Å². The van der Waals surface area contributed by atoms with Gasteiger partial charge in [0.05, 0.1) is 56.4 Å². The maximum Gasteiger partial charge on any atom is 0.317 e. The van der Waals surface area contributed by atoms with Crippen molar-refractivity contribution in [1.29, 1.82) is 0 Å². The van der Waals surface area contributed by atoms with E-state index in [9.17, 15) is 81.1 Å². The number of carbonyl (C=O) groups excluding carboxylic acids is 3. The van der Waals surface area contributed by atoms with Gasteiger partial charge in [0, 0.05) is 19.3 Å². The van der Waals surface area contributed by atoms with Crippen LogP contribution in [0.25, 0.3) is 0 Å². The second-order valence-corrected chi connectivity index (χ2v) is 29.9. The number of ether oxygens (including phenoxy) is 12. The molecule has 9 fully saturated rings. The van der Waals surface area contributed by atoms with Crippen LogP contribution < -0.4 is 0 Å². The Morgan fingerprint density at radius 2 is 1.11 bits per heavy atom. The third kappa shape index (κ3) is 12.1. The van der Waals surface area contributed by atoms with E-state index in [0.29, 0.717) is 32.1 Å². The first-order valence-electron chi connectivity index (χ1n) is 32.4. The fourth-order valence-corrected chi connectivity index (χ4v) is 18.5. The molecule has 0 aromatic rings. The maximum absolute atomic E-state index is 15.8. The number of aliphatic hydroxyl groups excluding tert-OH is 14. The van der Waals surface area contributed by atoms with Crippen LogP contribution in [0.2, 0.25) is 0 Å². The number of rotatable bonds is 14. The van der Waals surface area contributed by atoms with Crippen LogP contribution in [0, 0.1) is 50.2 Å². The number of hydrogen-bond donors (Lipinski definition) is 14. The average molecular weight is 1320 g/mol.